The summed E-state index contributed by atoms with van der Waals surface area (Å²) in [7, 11) is 2.06. The molecule has 5 nitrogen and oxygen atoms in total. The Kier molecular flexibility index (Phi) is 3.71. The van der Waals surface area contributed by atoms with E-state index in [4.69, 9.17) is 10.5 Å². The van der Waals surface area contributed by atoms with E-state index < -0.39 is 0 Å². The fourth-order valence-corrected chi connectivity index (χ4v) is 2.46. The molecular formula is C13H22N4O. The summed E-state index contributed by atoms with van der Waals surface area (Å²) in [5, 5.41) is 0. The Morgan fingerprint density at radius 3 is 2.72 bits per heavy atom. The van der Waals surface area contributed by atoms with E-state index in [0.717, 1.165) is 36.7 Å². The summed E-state index contributed by atoms with van der Waals surface area (Å²) in [4.78, 5) is 11.1. The van der Waals surface area contributed by atoms with Gasteiger partial charge < -0.3 is 15.4 Å². The minimum absolute atomic E-state index is 0.232. The van der Waals surface area contributed by atoms with Gasteiger partial charge in [0.15, 0.2) is 0 Å². The van der Waals surface area contributed by atoms with Crippen molar-refractivity contribution in [2.45, 2.75) is 45.8 Å². The first-order valence-corrected chi connectivity index (χ1v) is 6.52. The lowest BCUT2D eigenvalue weighted by atomic mass is 10.1. The van der Waals surface area contributed by atoms with Gasteiger partial charge in [-0.3, -0.25) is 0 Å². The van der Waals surface area contributed by atoms with Crippen LogP contribution < -0.4 is 10.6 Å². The van der Waals surface area contributed by atoms with E-state index in [9.17, 15) is 0 Å². The SMILES string of the molecule is CCc1nc(N)c(C)c(N(C)C2CCOC2C)n1. The molecule has 0 amide bonds. The van der Waals surface area contributed by atoms with Crippen LogP contribution >= 0.6 is 0 Å². The van der Waals surface area contributed by atoms with Crippen molar-refractivity contribution in [3.05, 3.63) is 11.4 Å². The minimum Gasteiger partial charge on any atom is -0.383 e. The maximum Gasteiger partial charge on any atom is 0.137 e. The van der Waals surface area contributed by atoms with Crippen molar-refractivity contribution in [1.29, 1.82) is 0 Å². The van der Waals surface area contributed by atoms with Gasteiger partial charge in [-0.05, 0) is 20.3 Å². The molecule has 18 heavy (non-hydrogen) atoms. The van der Waals surface area contributed by atoms with Gasteiger partial charge in [-0.25, -0.2) is 9.97 Å². The molecule has 1 fully saturated rings. The third kappa shape index (κ3) is 2.27. The van der Waals surface area contributed by atoms with Crippen LogP contribution in [0.2, 0.25) is 0 Å². The second-order valence-corrected chi connectivity index (χ2v) is 4.87. The summed E-state index contributed by atoms with van der Waals surface area (Å²) in [5.74, 6) is 2.31. The summed E-state index contributed by atoms with van der Waals surface area (Å²) in [6.07, 6.45) is 2.06. The normalized spacial score (nSPS) is 23.3. The van der Waals surface area contributed by atoms with E-state index >= 15 is 0 Å². The molecule has 1 aliphatic rings. The highest BCUT2D eigenvalue weighted by Gasteiger charge is 2.29. The predicted octanol–water partition coefficient (Wildman–Crippen LogP) is 1.54. The number of hydrogen-bond acceptors (Lipinski definition) is 5. The number of nitrogens with two attached hydrogens (primary N) is 1. The number of nitrogen functional groups attached to an aromatic ring is 1. The quantitative estimate of drug-likeness (QED) is 0.881. The van der Waals surface area contributed by atoms with E-state index in [0.29, 0.717) is 11.9 Å². The molecule has 0 aromatic carbocycles. The molecule has 1 aliphatic heterocycles. The van der Waals surface area contributed by atoms with Gasteiger partial charge in [0.1, 0.15) is 17.5 Å². The standard InChI is InChI=1S/C13H22N4O/c1-5-11-15-12(14)8(2)13(16-11)17(4)10-6-7-18-9(10)3/h9-10H,5-7H2,1-4H3,(H2,14,15,16). The van der Waals surface area contributed by atoms with Gasteiger partial charge in [0.05, 0.1) is 12.1 Å². The van der Waals surface area contributed by atoms with Crippen molar-refractivity contribution in [1.82, 2.24) is 9.97 Å². The highest BCUT2D eigenvalue weighted by Crippen LogP contribution is 2.27. The lowest BCUT2D eigenvalue weighted by Gasteiger charge is -2.29. The molecule has 2 unspecified atom stereocenters. The molecule has 2 heterocycles. The highest BCUT2D eigenvalue weighted by molar-refractivity contribution is 5.56. The number of aryl methyl sites for hydroxylation is 1. The van der Waals surface area contributed by atoms with Crippen LogP contribution in [0.1, 0.15) is 31.7 Å². The molecule has 5 heteroatoms. The van der Waals surface area contributed by atoms with Crippen LogP contribution in [0.5, 0.6) is 0 Å². The third-order valence-corrected chi connectivity index (χ3v) is 3.69. The minimum atomic E-state index is 0.232. The number of likely N-dealkylation sites (N-methyl/N-ethyl adjacent to an activating group) is 1. The first-order chi connectivity index (χ1) is 8.54. The van der Waals surface area contributed by atoms with Gasteiger partial charge in [-0.15, -0.1) is 0 Å². The fraction of sp³-hybridized carbons (Fsp3) is 0.692. The van der Waals surface area contributed by atoms with E-state index in [2.05, 4.69) is 28.8 Å². The van der Waals surface area contributed by atoms with Crippen molar-refractivity contribution in [3.63, 3.8) is 0 Å². The molecule has 100 valence electrons. The van der Waals surface area contributed by atoms with Gasteiger partial charge in [0.25, 0.3) is 0 Å². The molecule has 2 N–H and O–H groups in total. The molecular weight excluding hydrogens is 228 g/mol. The Bertz CT molecular complexity index is 435. The van der Waals surface area contributed by atoms with Crippen LogP contribution in [-0.4, -0.2) is 35.8 Å². The van der Waals surface area contributed by atoms with Crippen molar-refractivity contribution >= 4 is 11.6 Å². The Labute approximate surface area is 108 Å². The van der Waals surface area contributed by atoms with E-state index in [1.807, 2.05) is 13.8 Å². The van der Waals surface area contributed by atoms with Crippen LogP contribution in [0, 0.1) is 6.92 Å². The van der Waals surface area contributed by atoms with Crippen LogP contribution in [0.25, 0.3) is 0 Å². The summed E-state index contributed by atoms with van der Waals surface area (Å²) >= 11 is 0. The number of rotatable bonds is 3. The Morgan fingerprint density at radius 2 is 2.17 bits per heavy atom. The van der Waals surface area contributed by atoms with Crippen LogP contribution in [0.4, 0.5) is 11.6 Å². The molecule has 2 rings (SSSR count). The molecule has 1 aromatic heterocycles. The van der Waals surface area contributed by atoms with Crippen molar-refractivity contribution in [2.75, 3.05) is 24.3 Å². The molecule has 0 aliphatic carbocycles. The second kappa shape index (κ2) is 5.10. The topological polar surface area (TPSA) is 64.3 Å². The summed E-state index contributed by atoms with van der Waals surface area (Å²) in [6.45, 7) is 6.93. The molecule has 0 radical (unpaired) electrons. The van der Waals surface area contributed by atoms with Crippen molar-refractivity contribution in [3.8, 4) is 0 Å². The number of nitrogens with zero attached hydrogens (tertiary/aromatic N) is 3. The first kappa shape index (κ1) is 13.1. The van der Waals surface area contributed by atoms with Crippen molar-refractivity contribution < 1.29 is 4.74 Å². The van der Waals surface area contributed by atoms with E-state index in [1.54, 1.807) is 0 Å². The molecule has 2 atom stereocenters. The number of hydrogen-bond donors (Lipinski definition) is 1. The molecule has 0 bridgehead atoms. The highest BCUT2D eigenvalue weighted by atomic mass is 16.5. The zero-order chi connectivity index (χ0) is 13.3. The second-order valence-electron chi connectivity index (χ2n) is 4.87. The number of ether oxygens (including phenoxy) is 1. The monoisotopic (exact) mass is 250 g/mol. The smallest absolute Gasteiger partial charge is 0.137 e. The third-order valence-electron chi connectivity index (χ3n) is 3.69. The zero-order valence-electron chi connectivity index (χ0n) is 11.6. The average Bonchev–Trinajstić information content (AvgIpc) is 2.78. The predicted molar refractivity (Wildman–Crippen MR) is 72.8 cm³/mol. The first-order valence-electron chi connectivity index (χ1n) is 6.52. The van der Waals surface area contributed by atoms with Gasteiger partial charge in [-0.2, -0.15) is 0 Å². The maximum absolute atomic E-state index is 5.96. The van der Waals surface area contributed by atoms with Gasteiger partial charge in [-0.1, -0.05) is 6.92 Å². The largest absolute Gasteiger partial charge is 0.383 e. The molecule has 1 saturated heterocycles. The fourth-order valence-electron chi connectivity index (χ4n) is 2.46. The Morgan fingerprint density at radius 1 is 1.44 bits per heavy atom. The van der Waals surface area contributed by atoms with Crippen LogP contribution in [-0.2, 0) is 11.2 Å². The van der Waals surface area contributed by atoms with E-state index in [1.165, 1.54) is 0 Å². The van der Waals surface area contributed by atoms with Gasteiger partial charge >= 0.3 is 0 Å². The Balaban J connectivity index is 2.34. The van der Waals surface area contributed by atoms with Crippen molar-refractivity contribution in [2.24, 2.45) is 0 Å². The lowest BCUT2D eigenvalue weighted by Crippen LogP contribution is -2.38. The maximum atomic E-state index is 5.96. The molecule has 0 saturated carbocycles. The van der Waals surface area contributed by atoms with Crippen LogP contribution in [0.3, 0.4) is 0 Å². The summed E-state index contributed by atoms with van der Waals surface area (Å²) in [6, 6.07) is 0.364. The van der Waals surface area contributed by atoms with Gasteiger partial charge in [0, 0.05) is 25.6 Å². The van der Waals surface area contributed by atoms with Crippen LogP contribution in [0.15, 0.2) is 0 Å². The van der Waals surface area contributed by atoms with Gasteiger partial charge in [0.2, 0.25) is 0 Å². The summed E-state index contributed by atoms with van der Waals surface area (Å²) in [5.41, 5.74) is 6.91. The molecule has 0 spiro atoms. The molecule has 1 aromatic rings. The zero-order valence-corrected chi connectivity index (χ0v) is 11.6. The van der Waals surface area contributed by atoms with E-state index in [-0.39, 0.29) is 6.10 Å². The number of aromatic nitrogens is 2. The lowest BCUT2D eigenvalue weighted by molar-refractivity contribution is 0.118. The average molecular weight is 250 g/mol. The summed E-state index contributed by atoms with van der Waals surface area (Å²) < 4.78 is 5.62. The number of anilines is 2. The Hall–Kier alpha value is -1.36.